The van der Waals surface area contributed by atoms with Gasteiger partial charge >= 0.3 is 0 Å². The normalized spacial score (nSPS) is 18.4. The topological polar surface area (TPSA) is 123 Å². The molecule has 2 heterocycles. The molecule has 0 fully saturated rings. The molecule has 1 atom stereocenters. The molecular weight excluding hydrogens is 416 g/mol. The zero-order valence-electron chi connectivity index (χ0n) is 16.9. The van der Waals surface area contributed by atoms with Crippen molar-refractivity contribution in [2.24, 2.45) is 0 Å². The van der Waals surface area contributed by atoms with Crippen molar-refractivity contribution in [1.82, 2.24) is 10.2 Å². The lowest BCUT2D eigenvalue weighted by Gasteiger charge is -2.21. The van der Waals surface area contributed by atoms with Crippen molar-refractivity contribution in [3.8, 4) is 0 Å². The molecule has 1 aromatic carbocycles. The zero-order chi connectivity index (χ0) is 21.8. The fourth-order valence-corrected chi connectivity index (χ4v) is 7.57. The SMILES string of the molecule is CCC(c1[nH]ncc1C(=O)c1ccc2c(c1C)C(C)(C)CS2(=O)=O)S(=O)(=O)OC. The number of hydrogen-bond acceptors (Lipinski definition) is 7. The molecule has 0 amide bonds. The molecule has 2 aromatic rings. The number of benzene rings is 1. The number of H-pyrrole nitrogens is 1. The Balaban J connectivity index is 2.15. The van der Waals surface area contributed by atoms with E-state index >= 15 is 0 Å². The van der Waals surface area contributed by atoms with Crippen LogP contribution in [-0.4, -0.2) is 45.7 Å². The molecule has 0 saturated heterocycles. The van der Waals surface area contributed by atoms with E-state index in [0.717, 1.165) is 7.11 Å². The fraction of sp³-hybridized carbons (Fsp3) is 0.474. The number of carbonyl (C=O) groups excluding carboxylic acids is 1. The molecule has 10 heteroatoms. The van der Waals surface area contributed by atoms with Crippen LogP contribution < -0.4 is 0 Å². The van der Waals surface area contributed by atoms with E-state index in [9.17, 15) is 21.6 Å². The molecule has 0 aliphatic carbocycles. The van der Waals surface area contributed by atoms with Gasteiger partial charge < -0.3 is 0 Å². The van der Waals surface area contributed by atoms with Crippen LogP contribution in [-0.2, 0) is 29.6 Å². The third-order valence-corrected chi connectivity index (χ3v) is 9.26. The number of ketones is 1. The minimum atomic E-state index is -3.93. The molecule has 1 aromatic heterocycles. The van der Waals surface area contributed by atoms with Gasteiger partial charge in [0.05, 0.1) is 35.2 Å². The van der Waals surface area contributed by atoms with E-state index in [-0.39, 0.29) is 28.3 Å². The van der Waals surface area contributed by atoms with E-state index in [0.29, 0.717) is 16.7 Å². The lowest BCUT2D eigenvalue weighted by atomic mass is 9.81. The number of aromatic amines is 1. The molecule has 0 bridgehead atoms. The molecule has 8 nitrogen and oxygen atoms in total. The summed E-state index contributed by atoms with van der Waals surface area (Å²) in [6, 6.07) is 2.95. The Morgan fingerprint density at radius 1 is 1.31 bits per heavy atom. The van der Waals surface area contributed by atoms with Crippen LogP contribution in [0.25, 0.3) is 0 Å². The maximum absolute atomic E-state index is 13.3. The van der Waals surface area contributed by atoms with E-state index in [2.05, 4.69) is 14.4 Å². The van der Waals surface area contributed by atoms with Crippen molar-refractivity contribution in [3.63, 3.8) is 0 Å². The van der Waals surface area contributed by atoms with Gasteiger partial charge in [-0.15, -0.1) is 0 Å². The molecule has 1 unspecified atom stereocenters. The van der Waals surface area contributed by atoms with Crippen LogP contribution in [0.15, 0.2) is 23.2 Å². The van der Waals surface area contributed by atoms with Gasteiger partial charge in [-0.3, -0.25) is 14.1 Å². The third-order valence-electron chi connectivity index (χ3n) is 5.42. The first-order valence-electron chi connectivity index (χ1n) is 9.11. The van der Waals surface area contributed by atoms with Gasteiger partial charge in [-0.2, -0.15) is 13.5 Å². The minimum Gasteiger partial charge on any atom is -0.288 e. The van der Waals surface area contributed by atoms with Crippen molar-refractivity contribution in [1.29, 1.82) is 0 Å². The van der Waals surface area contributed by atoms with Crippen molar-refractivity contribution >= 4 is 25.7 Å². The Morgan fingerprint density at radius 2 is 1.97 bits per heavy atom. The van der Waals surface area contributed by atoms with E-state index < -0.39 is 36.4 Å². The summed E-state index contributed by atoms with van der Waals surface area (Å²) >= 11 is 0. The van der Waals surface area contributed by atoms with Gasteiger partial charge in [-0.25, -0.2) is 8.42 Å². The smallest absolute Gasteiger partial charge is 0.275 e. The molecular formula is C19H24N2O6S2. The predicted molar refractivity (Wildman–Crippen MR) is 107 cm³/mol. The van der Waals surface area contributed by atoms with Crippen LogP contribution >= 0.6 is 0 Å². The van der Waals surface area contributed by atoms with Crippen LogP contribution in [0.5, 0.6) is 0 Å². The lowest BCUT2D eigenvalue weighted by molar-refractivity contribution is 0.103. The van der Waals surface area contributed by atoms with Crippen LogP contribution in [0.2, 0.25) is 0 Å². The second-order valence-electron chi connectivity index (χ2n) is 7.84. The van der Waals surface area contributed by atoms with Crippen LogP contribution in [0, 0.1) is 6.92 Å². The average Bonchev–Trinajstić information content (AvgIpc) is 3.15. The molecule has 1 aliphatic heterocycles. The Bertz CT molecular complexity index is 1190. The summed E-state index contributed by atoms with van der Waals surface area (Å²) in [4.78, 5) is 13.6. The number of rotatable bonds is 6. The standard InChI is InChI=1S/C19H24N2O6S2/c1-6-14(29(25,26)27-5)17-13(9-20-21-17)18(22)12-7-8-15-16(11(12)2)19(3,4)10-28(15,23)24/h7-9,14H,6,10H2,1-5H3,(H,20,21). The monoisotopic (exact) mass is 440 g/mol. The summed E-state index contributed by atoms with van der Waals surface area (Å²) in [5, 5.41) is 5.43. The number of fused-ring (bicyclic) bond motifs is 1. The highest BCUT2D eigenvalue weighted by Gasteiger charge is 2.43. The molecule has 29 heavy (non-hydrogen) atoms. The Morgan fingerprint density at radius 3 is 2.55 bits per heavy atom. The molecule has 1 aliphatic rings. The maximum Gasteiger partial charge on any atom is 0.275 e. The summed E-state index contributed by atoms with van der Waals surface area (Å²) in [6.07, 6.45) is 1.48. The van der Waals surface area contributed by atoms with E-state index in [1.165, 1.54) is 18.3 Å². The Kier molecular flexibility index (Phi) is 5.25. The van der Waals surface area contributed by atoms with Gasteiger partial charge in [-0.1, -0.05) is 20.8 Å². The number of nitrogens with zero attached hydrogens (tertiary/aromatic N) is 1. The van der Waals surface area contributed by atoms with E-state index in [1.807, 2.05) is 13.8 Å². The fourth-order valence-electron chi connectivity index (χ4n) is 4.19. The van der Waals surface area contributed by atoms with Gasteiger partial charge in [-0.05, 0) is 36.6 Å². The van der Waals surface area contributed by atoms with Crippen molar-refractivity contribution in [2.75, 3.05) is 12.9 Å². The van der Waals surface area contributed by atoms with E-state index in [1.54, 1.807) is 13.8 Å². The first-order chi connectivity index (χ1) is 13.4. The zero-order valence-corrected chi connectivity index (χ0v) is 18.6. The molecule has 0 saturated carbocycles. The van der Waals surface area contributed by atoms with Crippen molar-refractivity contribution in [2.45, 2.75) is 49.7 Å². The first kappa shape index (κ1) is 21.7. The van der Waals surface area contributed by atoms with Crippen LogP contribution in [0.1, 0.15) is 65.2 Å². The quantitative estimate of drug-likeness (QED) is 0.540. The summed E-state index contributed by atoms with van der Waals surface area (Å²) in [5.41, 5.74) is 1.18. The van der Waals surface area contributed by atoms with Gasteiger partial charge in [0.25, 0.3) is 10.1 Å². The average molecular weight is 441 g/mol. The minimum absolute atomic E-state index is 0.0191. The maximum atomic E-state index is 13.3. The van der Waals surface area contributed by atoms with E-state index in [4.69, 9.17) is 0 Å². The van der Waals surface area contributed by atoms with Crippen molar-refractivity contribution in [3.05, 3.63) is 46.3 Å². The summed E-state index contributed by atoms with van der Waals surface area (Å²) in [5.74, 6) is -0.437. The highest BCUT2D eigenvalue weighted by Crippen LogP contribution is 2.42. The number of nitrogens with one attached hydrogen (secondary N) is 1. The lowest BCUT2D eigenvalue weighted by Crippen LogP contribution is -2.21. The highest BCUT2D eigenvalue weighted by molar-refractivity contribution is 7.91. The summed E-state index contributed by atoms with van der Waals surface area (Å²) < 4.78 is 54.1. The molecule has 3 rings (SSSR count). The molecule has 1 N–H and O–H groups in total. The Labute approximate surface area is 170 Å². The molecule has 158 valence electrons. The van der Waals surface area contributed by atoms with Gasteiger partial charge in [0, 0.05) is 11.0 Å². The van der Waals surface area contributed by atoms with Crippen LogP contribution in [0.3, 0.4) is 0 Å². The molecule has 0 spiro atoms. The second-order valence-corrected chi connectivity index (χ2v) is 11.7. The largest absolute Gasteiger partial charge is 0.288 e. The summed E-state index contributed by atoms with van der Waals surface area (Å²) in [6.45, 7) is 7.06. The number of hydrogen-bond donors (Lipinski definition) is 1. The first-order valence-corrected chi connectivity index (χ1v) is 12.2. The van der Waals surface area contributed by atoms with Gasteiger partial charge in [0.15, 0.2) is 15.6 Å². The summed E-state index contributed by atoms with van der Waals surface area (Å²) in [7, 11) is -6.26. The van der Waals surface area contributed by atoms with Gasteiger partial charge in [0.1, 0.15) is 5.25 Å². The predicted octanol–water partition coefficient (Wildman–Crippen LogP) is 2.44. The molecule has 0 radical (unpaired) electrons. The number of aromatic nitrogens is 2. The number of carbonyl (C=O) groups is 1. The number of sulfone groups is 1. The Hall–Kier alpha value is -2.04. The third kappa shape index (κ3) is 3.43. The highest BCUT2D eigenvalue weighted by atomic mass is 32.2. The van der Waals surface area contributed by atoms with Crippen molar-refractivity contribution < 1.29 is 25.8 Å². The second kappa shape index (κ2) is 7.03. The van der Waals surface area contributed by atoms with Gasteiger partial charge in [0.2, 0.25) is 0 Å². The van der Waals surface area contributed by atoms with Crippen LogP contribution in [0.4, 0.5) is 0 Å².